The van der Waals surface area contributed by atoms with Crippen LogP contribution in [0.25, 0.3) is 0 Å². The molecule has 5 rings (SSSR count). The van der Waals surface area contributed by atoms with Gasteiger partial charge in [-0.1, -0.05) is 27.7 Å². The molecule has 3 aliphatic carbocycles. The van der Waals surface area contributed by atoms with Gasteiger partial charge >= 0.3 is 0 Å². The molecule has 4 fully saturated rings. The lowest BCUT2D eigenvalue weighted by Gasteiger charge is -2.49. The molecule has 0 spiro atoms. The van der Waals surface area contributed by atoms with E-state index in [0.717, 1.165) is 23.7 Å². The van der Waals surface area contributed by atoms with Gasteiger partial charge < -0.3 is 4.74 Å². The van der Waals surface area contributed by atoms with Crippen LogP contribution >= 0.6 is 20.7 Å². The Kier molecular flexibility index (Phi) is 2.39. The van der Waals surface area contributed by atoms with E-state index in [2.05, 4.69) is 31.6 Å². The zero-order valence-electron chi connectivity index (χ0n) is 12.6. The van der Waals surface area contributed by atoms with E-state index in [-0.39, 0.29) is 32.0 Å². The Morgan fingerprint density at radius 2 is 2.00 bits per heavy atom. The molecule has 5 unspecified atom stereocenters. The van der Waals surface area contributed by atoms with Crippen LogP contribution < -0.4 is 10.9 Å². The van der Waals surface area contributed by atoms with Crippen LogP contribution in [0.2, 0.25) is 0 Å². The van der Waals surface area contributed by atoms with Crippen molar-refractivity contribution < 1.29 is 4.74 Å². The van der Waals surface area contributed by atoms with Crippen molar-refractivity contribution in [2.45, 2.75) is 67.6 Å². The number of hydrazine groups is 1. The molecule has 0 amide bonds. The molecule has 2 bridgehead atoms. The smallest absolute Gasteiger partial charge is 0.112 e. The van der Waals surface area contributed by atoms with Gasteiger partial charge in [0.1, 0.15) is 12.8 Å². The monoisotopic (exact) mass is 388 g/mol. The summed E-state index contributed by atoms with van der Waals surface area (Å²) < 4.78 is 8.62. The van der Waals surface area contributed by atoms with Crippen LogP contribution in [-0.4, -0.2) is 18.4 Å². The fourth-order valence-electron chi connectivity index (χ4n) is 5.40. The molecule has 0 radical (unpaired) electrons. The van der Waals surface area contributed by atoms with E-state index < -0.39 is 0 Å². The molecule has 2 heterocycles. The first kappa shape index (κ1) is 13.0. The molecule has 4 heteroatoms. The number of fused-ring (bicyclic) bond motifs is 5. The summed E-state index contributed by atoms with van der Waals surface area (Å²) in [6, 6.07) is 0. The third-order valence-electron chi connectivity index (χ3n) is 7.28. The van der Waals surface area contributed by atoms with Gasteiger partial charge in [-0.25, -0.2) is 10.9 Å². The fraction of sp³-hybridized carbons (Fsp3) is 0.938. The maximum atomic E-state index is 6.81. The van der Waals surface area contributed by atoms with E-state index in [4.69, 9.17) is 4.74 Å². The average molecular weight is 388 g/mol. The molecule has 6 atom stereocenters. The molecule has 112 valence electrons. The largest absolute Gasteiger partial charge is 0.336 e. The standard InChI is InChI=1S/C16H25IN2O/c1-4-16(8-9-7-12(16)11-6-5-10(9)11)20-13-14(2,17-13)15(3)18-19-15/h9-12,18-19H,4-8H2,1-3H3/t9-,10?,11?,12?,14?,16?/m1/s1. The topological polar surface area (TPSA) is 53.1 Å². The van der Waals surface area contributed by atoms with Crippen LogP contribution in [-0.2, 0) is 4.74 Å². The zero-order chi connectivity index (χ0) is 13.8. The summed E-state index contributed by atoms with van der Waals surface area (Å²) in [5.41, 5.74) is 7.04. The second-order valence-corrected chi connectivity index (χ2v) is 11.7. The summed E-state index contributed by atoms with van der Waals surface area (Å²) in [4.78, 5) is 0. The lowest BCUT2D eigenvalue weighted by molar-refractivity contribution is -0.0707. The van der Waals surface area contributed by atoms with E-state index >= 15 is 0 Å². The van der Waals surface area contributed by atoms with Crippen LogP contribution in [0, 0.1) is 23.7 Å². The first-order chi connectivity index (χ1) is 9.51. The predicted octanol–water partition coefficient (Wildman–Crippen LogP) is 2.91. The summed E-state index contributed by atoms with van der Waals surface area (Å²) in [5, 5.41) is 0. The minimum absolute atomic E-state index is 0.0925. The highest BCUT2D eigenvalue weighted by molar-refractivity contribution is 14.2. The van der Waals surface area contributed by atoms with Gasteiger partial charge in [-0.2, -0.15) is 0 Å². The zero-order valence-corrected chi connectivity index (χ0v) is 14.8. The van der Waals surface area contributed by atoms with Crippen LogP contribution in [0.5, 0.6) is 0 Å². The number of ether oxygens (including phenoxy) is 1. The molecule has 3 nitrogen and oxygen atoms in total. The van der Waals surface area contributed by atoms with E-state index in [1.54, 1.807) is 0 Å². The average Bonchev–Trinajstić information content (AvgIpc) is 3.20. The Hall–Kier alpha value is 0.480. The van der Waals surface area contributed by atoms with E-state index in [9.17, 15) is 0 Å². The molecular formula is C16H25IN2O. The molecule has 3 saturated carbocycles. The SMILES string of the molecule is CCC1(OC2=IC2(C)C2(C)NN2)C[C@H]2CC1C1CCC12. The van der Waals surface area contributed by atoms with Gasteiger partial charge in [0, 0.05) is 0 Å². The number of halogens is 1. The van der Waals surface area contributed by atoms with Crippen LogP contribution in [0.4, 0.5) is 0 Å². The summed E-state index contributed by atoms with van der Waals surface area (Å²) in [6.45, 7) is 7.04. The highest BCUT2D eigenvalue weighted by atomic mass is 127. The maximum absolute atomic E-state index is 6.81. The van der Waals surface area contributed by atoms with Crippen LogP contribution in [0.1, 0.15) is 52.9 Å². The normalized spacial score (nSPS) is 57.5. The van der Waals surface area contributed by atoms with Gasteiger partial charge in [0.2, 0.25) is 0 Å². The van der Waals surface area contributed by atoms with Gasteiger partial charge in [0.05, 0.1) is 5.60 Å². The van der Waals surface area contributed by atoms with Crippen molar-refractivity contribution in [2.75, 3.05) is 0 Å². The van der Waals surface area contributed by atoms with Crippen molar-refractivity contribution >= 4 is 24.4 Å². The van der Waals surface area contributed by atoms with E-state index in [1.807, 2.05) is 0 Å². The van der Waals surface area contributed by atoms with Gasteiger partial charge in [0.15, 0.2) is 0 Å². The lowest BCUT2D eigenvalue weighted by Crippen LogP contribution is -2.50. The second-order valence-electron chi connectivity index (χ2n) is 7.98. The third kappa shape index (κ3) is 1.40. The Balaban J connectivity index is 1.37. The Bertz CT molecular complexity index is 515. The Morgan fingerprint density at radius 1 is 1.25 bits per heavy atom. The van der Waals surface area contributed by atoms with Crippen molar-refractivity contribution in [2.24, 2.45) is 23.7 Å². The van der Waals surface area contributed by atoms with Crippen molar-refractivity contribution in [1.29, 1.82) is 0 Å². The van der Waals surface area contributed by atoms with Gasteiger partial charge in [-0.05, 0) is 69.6 Å². The minimum atomic E-state index is 0.0925. The van der Waals surface area contributed by atoms with Gasteiger partial charge in [-0.3, -0.25) is 0 Å². The molecule has 1 saturated heterocycles. The number of nitrogens with one attached hydrogen (secondary N) is 2. The highest BCUT2D eigenvalue weighted by Crippen LogP contribution is 2.67. The number of rotatable bonds is 4. The number of alkyl halides is 1. The fourth-order valence-corrected chi connectivity index (χ4v) is 8.26. The Labute approximate surface area is 131 Å². The molecule has 0 aromatic heterocycles. The van der Waals surface area contributed by atoms with Crippen molar-refractivity contribution in [1.82, 2.24) is 10.9 Å². The van der Waals surface area contributed by atoms with Gasteiger partial charge in [-0.15, -0.1) is 0 Å². The van der Waals surface area contributed by atoms with Gasteiger partial charge in [0.25, 0.3) is 0 Å². The minimum Gasteiger partial charge on any atom is -0.336 e. The van der Waals surface area contributed by atoms with Crippen LogP contribution in [0.3, 0.4) is 0 Å². The van der Waals surface area contributed by atoms with E-state index in [1.165, 1.54) is 35.8 Å². The first-order valence-electron chi connectivity index (χ1n) is 8.28. The summed E-state index contributed by atoms with van der Waals surface area (Å²) in [5.74, 6) is 3.98. The number of hydrogen-bond acceptors (Lipinski definition) is 3. The number of hydrogen-bond donors (Lipinski definition) is 2. The molecule has 5 aliphatic rings. The summed E-state index contributed by atoms with van der Waals surface area (Å²) in [6.07, 6.45) is 7.05. The quantitative estimate of drug-likeness (QED) is 0.443. The molecule has 20 heavy (non-hydrogen) atoms. The van der Waals surface area contributed by atoms with Crippen molar-refractivity contribution in [3.63, 3.8) is 0 Å². The molecule has 2 aliphatic heterocycles. The highest BCUT2D eigenvalue weighted by Gasteiger charge is 2.68. The summed E-state index contributed by atoms with van der Waals surface area (Å²) >= 11 is 0.0925. The second kappa shape index (κ2) is 3.69. The Morgan fingerprint density at radius 3 is 2.55 bits per heavy atom. The molecular weight excluding hydrogens is 363 g/mol. The van der Waals surface area contributed by atoms with Crippen LogP contribution in [0.15, 0.2) is 0 Å². The first-order valence-corrected chi connectivity index (χ1v) is 10.4. The lowest BCUT2D eigenvalue weighted by atomic mass is 9.60. The van der Waals surface area contributed by atoms with Crippen molar-refractivity contribution in [3.8, 4) is 0 Å². The van der Waals surface area contributed by atoms with Crippen molar-refractivity contribution in [3.05, 3.63) is 0 Å². The maximum Gasteiger partial charge on any atom is 0.112 e. The molecule has 0 aromatic rings. The molecule has 2 N–H and O–H groups in total. The predicted molar refractivity (Wildman–Crippen MR) is 88.6 cm³/mol. The molecule has 0 aromatic carbocycles. The summed E-state index contributed by atoms with van der Waals surface area (Å²) in [7, 11) is 0. The third-order valence-corrected chi connectivity index (χ3v) is 11.2. The van der Waals surface area contributed by atoms with E-state index in [0.29, 0.717) is 3.42 Å².